The van der Waals surface area contributed by atoms with Crippen molar-refractivity contribution in [3.8, 4) is 0 Å². The van der Waals surface area contributed by atoms with E-state index in [1.54, 1.807) is 0 Å². The summed E-state index contributed by atoms with van der Waals surface area (Å²) in [5.74, 6) is 3.61. The van der Waals surface area contributed by atoms with Crippen molar-refractivity contribution in [2.75, 3.05) is 19.6 Å². The van der Waals surface area contributed by atoms with Crippen LogP contribution in [0.25, 0.3) is 0 Å². The lowest BCUT2D eigenvalue weighted by atomic mass is 9.79. The molecule has 3 N–H and O–H groups in total. The van der Waals surface area contributed by atoms with Crippen LogP contribution >= 0.6 is 0 Å². The van der Waals surface area contributed by atoms with Crippen LogP contribution in [0.1, 0.15) is 39.0 Å². The highest BCUT2D eigenvalue weighted by atomic mass is 14.9. The summed E-state index contributed by atoms with van der Waals surface area (Å²) in [6.45, 7) is 5.71. The van der Waals surface area contributed by atoms with Crippen LogP contribution in [0.15, 0.2) is 0 Å². The first-order chi connectivity index (χ1) is 7.31. The van der Waals surface area contributed by atoms with Crippen molar-refractivity contribution < 1.29 is 0 Å². The van der Waals surface area contributed by atoms with Crippen molar-refractivity contribution in [1.29, 1.82) is 0 Å². The van der Waals surface area contributed by atoms with Gasteiger partial charge in [-0.1, -0.05) is 19.8 Å². The van der Waals surface area contributed by atoms with Crippen molar-refractivity contribution in [2.45, 2.75) is 39.0 Å². The highest BCUT2D eigenvalue weighted by molar-refractivity contribution is 4.85. The third kappa shape index (κ3) is 3.18. The summed E-state index contributed by atoms with van der Waals surface area (Å²) < 4.78 is 0. The lowest BCUT2D eigenvalue weighted by Gasteiger charge is -2.30. The summed E-state index contributed by atoms with van der Waals surface area (Å²) >= 11 is 0. The first-order valence-electron chi connectivity index (χ1n) is 6.72. The Kier molecular flexibility index (Phi) is 4.04. The molecule has 0 amide bonds. The van der Waals surface area contributed by atoms with E-state index in [4.69, 9.17) is 5.73 Å². The van der Waals surface area contributed by atoms with E-state index < -0.39 is 0 Å². The van der Waals surface area contributed by atoms with Gasteiger partial charge in [-0.3, -0.25) is 0 Å². The number of nitrogens with one attached hydrogen (secondary N) is 1. The molecule has 0 heterocycles. The quantitative estimate of drug-likeness (QED) is 0.728. The van der Waals surface area contributed by atoms with Gasteiger partial charge in [0.2, 0.25) is 0 Å². The predicted molar refractivity (Wildman–Crippen MR) is 64.6 cm³/mol. The average molecular weight is 210 g/mol. The summed E-state index contributed by atoms with van der Waals surface area (Å²) in [4.78, 5) is 0. The van der Waals surface area contributed by atoms with Gasteiger partial charge >= 0.3 is 0 Å². The van der Waals surface area contributed by atoms with Crippen molar-refractivity contribution in [3.05, 3.63) is 0 Å². The fourth-order valence-corrected chi connectivity index (χ4v) is 3.00. The maximum Gasteiger partial charge on any atom is -0.00173 e. The van der Waals surface area contributed by atoms with E-state index in [9.17, 15) is 0 Å². The van der Waals surface area contributed by atoms with Gasteiger partial charge in [-0.25, -0.2) is 0 Å². The lowest BCUT2D eigenvalue weighted by Crippen LogP contribution is -2.35. The van der Waals surface area contributed by atoms with Crippen LogP contribution in [0, 0.1) is 23.7 Å². The molecule has 88 valence electrons. The molecule has 2 fully saturated rings. The van der Waals surface area contributed by atoms with Crippen LogP contribution in [0.5, 0.6) is 0 Å². The average Bonchev–Trinajstić information content (AvgIpc) is 2.95. The molecule has 2 aliphatic rings. The second kappa shape index (κ2) is 5.31. The highest BCUT2D eigenvalue weighted by Crippen LogP contribution is 2.37. The summed E-state index contributed by atoms with van der Waals surface area (Å²) in [7, 11) is 0. The Hall–Kier alpha value is -0.0800. The van der Waals surface area contributed by atoms with Crippen LogP contribution in [0.4, 0.5) is 0 Å². The zero-order valence-electron chi connectivity index (χ0n) is 10.0. The number of hydrogen-bond donors (Lipinski definition) is 2. The molecule has 0 aromatic heterocycles. The summed E-state index contributed by atoms with van der Waals surface area (Å²) in [5.41, 5.74) is 5.83. The third-order valence-electron chi connectivity index (χ3n) is 4.46. The predicted octanol–water partition coefficient (Wildman–Crippen LogP) is 2.00. The van der Waals surface area contributed by atoms with Gasteiger partial charge in [0.15, 0.2) is 0 Å². The molecule has 0 spiro atoms. The van der Waals surface area contributed by atoms with Gasteiger partial charge in [0.1, 0.15) is 0 Å². The van der Waals surface area contributed by atoms with Crippen LogP contribution in [-0.4, -0.2) is 19.6 Å². The van der Waals surface area contributed by atoms with Gasteiger partial charge in [-0.2, -0.15) is 0 Å². The SMILES string of the molecule is CC1CC1CNCC1CCCCC1CN. The van der Waals surface area contributed by atoms with Crippen molar-refractivity contribution >= 4 is 0 Å². The largest absolute Gasteiger partial charge is 0.330 e. The molecule has 2 nitrogen and oxygen atoms in total. The molecule has 2 aliphatic carbocycles. The summed E-state index contributed by atoms with van der Waals surface area (Å²) in [5, 5.41) is 3.66. The molecule has 0 aromatic carbocycles. The number of rotatable bonds is 5. The lowest BCUT2D eigenvalue weighted by molar-refractivity contribution is 0.235. The first-order valence-corrected chi connectivity index (χ1v) is 6.72. The van der Waals surface area contributed by atoms with E-state index in [1.807, 2.05) is 0 Å². The molecule has 0 radical (unpaired) electrons. The standard InChI is InChI=1S/C13H26N2/c1-10-6-13(10)9-15-8-12-5-3-2-4-11(12)7-14/h10-13,15H,2-9,14H2,1H3. The van der Waals surface area contributed by atoms with Gasteiger partial charge < -0.3 is 11.1 Å². The molecule has 0 aromatic rings. The molecule has 2 heteroatoms. The van der Waals surface area contributed by atoms with E-state index in [0.29, 0.717) is 0 Å². The molecule has 15 heavy (non-hydrogen) atoms. The maximum absolute atomic E-state index is 5.83. The van der Waals surface area contributed by atoms with E-state index in [0.717, 1.165) is 30.2 Å². The molecule has 0 saturated heterocycles. The van der Waals surface area contributed by atoms with Gasteiger partial charge in [-0.05, 0) is 62.6 Å². The number of nitrogens with two attached hydrogens (primary N) is 1. The highest BCUT2D eigenvalue weighted by Gasteiger charge is 2.32. The van der Waals surface area contributed by atoms with E-state index >= 15 is 0 Å². The topological polar surface area (TPSA) is 38.0 Å². The van der Waals surface area contributed by atoms with E-state index in [-0.39, 0.29) is 0 Å². The third-order valence-corrected chi connectivity index (χ3v) is 4.46. The first kappa shape index (κ1) is 11.4. The minimum atomic E-state index is 0.794. The zero-order chi connectivity index (χ0) is 10.7. The molecule has 2 rings (SSSR count). The fourth-order valence-electron chi connectivity index (χ4n) is 3.00. The molecule has 0 aliphatic heterocycles. The normalized spacial score (nSPS) is 40.4. The summed E-state index contributed by atoms with van der Waals surface area (Å²) in [6.07, 6.45) is 7.02. The van der Waals surface area contributed by atoms with Gasteiger partial charge in [0, 0.05) is 0 Å². The molecule has 0 bridgehead atoms. The summed E-state index contributed by atoms with van der Waals surface area (Å²) in [6, 6.07) is 0. The molecule has 2 saturated carbocycles. The van der Waals surface area contributed by atoms with Crippen LogP contribution in [0.3, 0.4) is 0 Å². The van der Waals surface area contributed by atoms with Gasteiger partial charge in [0.05, 0.1) is 0 Å². The van der Waals surface area contributed by atoms with Crippen LogP contribution in [-0.2, 0) is 0 Å². The van der Waals surface area contributed by atoms with Crippen molar-refractivity contribution in [3.63, 3.8) is 0 Å². The second-order valence-electron chi connectivity index (χ2n) is 5.67. The Bertz CT molecular complexity index is 193. The monoisotopic (exact) mass is 210 g/mol. The van der Waals surface area contributed by atoms with Crippen LogP contribution in [0.2, 0.25) is 0 Å². The van der Waals surface area contributed by atoms with Gasteiger partial charge in [0.25, 0.3) is 0 Å². The van der Waals surface area contributed by atoms with E-state index in [2.05, 4.69) is 12.2 Å². The Morgan fingerprint density at radius 1 is 1.07 bits per heavy atom. The van der Waals surface area contributed by atoms with E-state index in [1.165, 1.54) is 45.2 Å². The molecular weight excluding hydrogens is 184 g/mol. The zero-order valence-corrected chi connectivity index (χ0v) is 10.0. The smallest absolute Gasteiger partial charge is 0.00173 e. The molecule has 4 atom stereocenters. The maximum atomic E-state index is 5.83. The Morgan fingerprint density at radius 2 is 1.67 bits per heavy atom. The van der Waals surface area contributed by atoms with Crippen molar-refractivity contribution in [2.24, 2.45) is 29.4 Å². The number of hydrogen-bond acceptors (Lipinski definition) is 2. The Labute approximate surface area is 94.0 Å². The minimum Gasteiger partial charge on any atom is -0.330 e. The Morgan fingerprint density at radius 3 is 2.27 bits per heavy atom. The Balaban J connectivity index is 1.63. The van der Waals surface area contributed by atoms with Gasteiger partial charge in [-0.15, -0.1) is 0 Å². The molecular formula is C13H26N2. The fraction of sp³-hybridized carbons (Fsp3) is 1.00. The van der Waals surface area contributed by atoms with Crippen molar-refractivity contribution in [1.82, 2.24) is 5.32 Å². The second-order valence-corrected chi connectivity index (χ2v) is 5.67. The minimum absolute atomic E-state index is 0.794. The molecule has 4 unspecified atom stereocenters. The van der Waals surface area contributed by atoms with Crippen LogP contribution < -0.4 is 11.1 Å².